The average molecular weight is 1340 g/mol. The highest BCUT2D eigenvalue weighted by Gasteiger charge is 2.51. The molecule has 6 heterocycles. The molecule has 0 fully saturated rings. The average Bonchev–Trinajstić information content (AvgIpc) is 1.47. The van der Waals surface area contributed by atoms with Crippen LogP contribution in [0.1, 0.15) is 111 Å². The quantitative estimate of drug-likeness (QED) is 0.0171. The van der Waals surface area contributed by atoms with Crippen molar-refractivity contribution in [3.05, 3.63) is 123 Å². The van der Waals surface area contributed by atoms with E-state index < -0.39 is 80.1 Å². The van der Waals surface area contributed by atoms with Crippen LogP contribution in [0.15, 0.2) is 83.1 Å². The number of para-hydroxylation sites is 1. The zero-order valence-corrected chi connectivity index (χ0v) is 54.6. The molecule has 0 radical (unpaired) electrons. The van der Waals surface area contributed by atoms with Crippen molar-refractivity contribution in [2.24, 2.45) is 5.73 Å². The minimum atomic E-state index is -3.54. The second-order valence-electron chi connectivity index (χ2n) is 22.7. The van der Waals surface area contributed by atoms with Crippen LogP contribution in [0.5, 0.6) is 0 Å². The van der Waals surface area contributed by atoms with E-state index >= 15 is 0 Å². The van der Waals surface area contributed by atoms with Gasteiger partial charge in [-0.1, -0.05) is 54.3 Å². The Morgan fingerprint density at radius 1 is 0.894 bits per heavy atom. The Labute approximate surface area is 543 Å². The Balaban J connectivity index is 0.738. The second kappa shape index (κ2) is 32.7. The summed E-state index contributed by atoms with van der Waals surface area (Å²) in [5.41, 5.74) is 8.37. The highest BCUT2D eigenvalue weighted by molar-refractivity contribution is 7.90. The number of pyridine rings is 2. The highest BCUT2D eigenvalue weighted by Crippen LogP contribution is 2.42. The number of rotatable bonds is 33. The lowest BCUT2D eigenvalue weighted by molar-refractivity contribution is -0.175. The predicted molar refractivity (Wildman–Crippen MR) is 341 cm³/mol. The van der Waals surface area contributed by atoms with Gasteiger partial charge in [0.2, 0.25) is 54.2 Å². The molecule has 2 aliphatic rings. The molecule has 2 aromatic carbocycles. The Kier molecular flexibility index (Phi) is 24.6. The van der Waals surface area contributed by atoms with Crippen LogP contribution < -0.4 is 32.6 Å². The van der Waals surface area contributed by atoms with Gasteiger partial charge in [-0.25, -0.2) is 41.4 Å². The number of nitrogens with two attached hydrogens (primary N) is 1. The minimum absolute atomic E-state index is 0.119. The Morgan fingerprint density at radius 3 is 2.37 bits per heavy atom. The third-order valence-corrected chi connectivity index (χ3v) is 17.7. The predicted octanol–water partition coefficient (Wildman–Crippen LogP) is 3.07. The first-order chi connectivity index (χ1) is 45.0. The summed E-state index contributed by atoms with van der Waals surface area (Å²) in [6, 6.07) is 14.1. The van der Waals surface area contributed by atoms with Crippen LogP contribution in [0.25, 0.3) is 22.3 Å². The minimum Gasteiger partial charge on any atom is -0.457 e. The molecule has 502 valence electrons. The highest BCUT2D eigenvalue weighted by atomic mass is 32.2. The Morgan fingerprint density at radius 2 is 1.65 bits per heavy atom. The van der Waals surface area contributed by atoms with Crippen LogP contribution >= 0.6 is 0 Å². The van der Waals surface area contributed by atoms with Gasteiger partial charge in [0, 0.05) is 86.0 Å². The number of hydrogen-bond donors (Lipinski definition) is 5. The number of aromatic nitrogens is 7. The second-order valence-corrected chi connectivity index (χ2v) is 26.5. The van der Waals surface area contributed by atoms with E-state index in [1.54, 1.807) is 62.0 Å². The number of nitrogens with one attached hydrogen (secondary N) is 4. The van der Waals surface area contributed by atoms with Crippen LogP contribution in [0.3, 0.4) is 0 Å². The SMILES string of the molecule is CC[C@@]1(OC(=O)OCc2ccc(NC(=O)[C@H](CCCCN)NC(=O)COCC(=O)NCCOCCCn3cc(CNC(=O)CCCC#Cc4cnc(S(C)(=O)=O)nc4)nn3)cc2)C(=O)OCc2c1cc1n(c2=O)Cc2c-1nc1ccccc1c2CCN(C(C)C)S(C)(=O)=O. The smallest absolute Gasteiger partial charge is 0.457 e. The molecular formula is C63H77N13O16S2. The summed E-state index contributed by atoms with van der Waals surface area (Å²) >= 11 is 0. The number of hydrogen-bond acceptors (Lipinski definition) is 22. The van der Waals surface area contributed by atoms with Crippen molar-refractivity contribution in [3.8, 4) is 23.2 Å². The summed E-state index contributed by atoms with van der Waals surface area (Å²) in [5.74, 6) is 3.05. The number of sulfonamides is 1. The van der Waals surface area contributed by atoms with Crippen LogP contribution in [0, 0.1) is 11.8 Å². The number of carbonyl (C=O) groups is 6. The number of carbonyl (C=O) groups excluding carboxylic acids is 6. The maximum Gasteiger partial charge on any atom is 0.510 e. The number of nitrogens with zero attached hydrogens (tertiary/aromatic N) is 8. The molecule has 4 aromatic heterocycles. The molecule has 6 aromatic rings. The van der Waals surface area contributed by atoms with Crippen molar-refractivity contribution < 1.29 is 69.3 Å². The van der Waals surface area contributed by atoms with E-state index in [1.165, 1.54) is 27.5 Å². The van der Waals surface area contributed by atoms with Gasteiger partial charge in [-0.15, -0.1) is 5.10 Å². The maximum absolute atomic E-state index is 14.4. The fraction of sp³-hybridized carbons (Fsp3) is 0.460. The van der Waals surface area contributed by atoms with Crippen molar-refractivity contribution in [2.75, 3.05) is 63.9 Å². The summed E-state index contributed by atoms with van der Waals surface area (Å²) < 4.78 is 80.9. The molecule has 4 amide bonds. The topological polar surface area (TPSA) is 386 Å². The van der Waals surface area contributed by atoms with Crippen LogP contribution in [0.2, 0.25) is 0 Å². The Hall–Kier alpha value is -9.06. The molecule has 0 unspecified atom stereocenters. The van der Waals surface area contributed by atoms with E-state index in [2.05, 4.69) is 53.4 Å². The number of ether oxygens (including phenoxy) is 5. The summed E-state index contributed by atoms with van der Waals surface area (Å²) in [7, 11) is -7.04. The first-order valence-electron chi connectivity index (χ1n) is 30.6. The zero-order valence-electron chi connectivity index (χ0n) is 52.9. The molecule has 6 N–H and O–H groups in total. The third kappa shape index (κ3) is 18.8. The lowest BCUT2D eigenvalue weighted by atomic mass is 9.85. The normalized spacial score (nSPS) is 14.4. The van der Waals surface area contributed by atoms with Crippen molar-refractivity contribution >= 4 is 72.2 Å². The number of sulfone groups is 1. The van der Waals surface area contributed by atoms with Gasteiger partial charge < -0.3 is 55.3 Å². The number of cyclic esters (lactones) is 1. The lowest BCUT2D eigenvalue weighted by Crippen LogP contribution is -2.47. The first-order valence-corrected chi connectivity index (χ1v) is 34.4. The number of anilines is 1. The van der Waals surface area contributed by atoms with E-state index in [0.717, 1.165) is 22.8 Å². The summed E-state index contributed by atoms with van der Waals surface area (Å²) in [5, 5.41) is 19.6. The molecule has 8 rings (SSSR count). The molecule has 31 heteroatoms. The molecule has 94 heavy (non-hydrogen) atoms. The number of benzene rings is 2. The fourth-order valence-corrected chi connectivity index (χ4v) is 12.3. The molecule has 2 aliphatic heterocycles. The molecular weight excluding hydrogens is 1260 g/mol. The van der Waals surface area contributed by atoms with Crippen LogP contribution in [-0.4, -0.2) is 162 Å². The maximum atomic E-state index is 14.4. The molecule has 0 bridgehead atoms. The van der Waals surface area contributed by atoms with E-state index in [-0.39, 0.29) is 93.5 Å². The monoisotopic (exact) mass is 1340 g/mol. The van der Waals surface area contributed by atoms with Gasteiger partial charge in [-0.2, -0.15) is 4.31 Å². The lowest BCUT2D eigenvalue weighted by Gasteiger charge is -2.35. The first kappa shape index (κ1) is 70.8. The molecule has 0 saturated heterocycles. The molecule has 2 atom stereocenters. The van der Waals surface area contributed by atoms with Crippen molar-refractivity contribution in [1.82, 2.24) is 54.8 Å². The zero-order chi connectivity index (χ0) is 67.6. The van der Waals surface area contributed by atoms with Gasteiger partial charge >= 0.3 is 12.1 Å². The van der Waals surface area contributed by atoms with Gasteiger partial charge in [0.25, 0.3) is 5.56 Å². The molecule has 0 saturated carbocycles. The van der Waals surface area contributed by atoms with Gasteiger partial charge in [-0.05, 0) is 101 Å². The van der Waals surface area contributed by atoms with Crippen molar-refractivity contribution in [2.45, 2.75) is 134 Å². The van der Waals surface area contributed by atoms with E-state index in [1.807, 2.05) is 24.3 Å². The largest absolute Gasteiger partial charge is 0.510 e. The number of amides is 4. The third-order valence-electron chi connectivity index (χ3n) is 15.4. The summed E-state index contributed by atoms with van der Waals surface area (Å²) in [6.45, 7) is 5.74. The van der Waals surface area contributed by atoms with Crippen molar-refractivity contribution in [1.29, 1.82) is 0 Å². The van der Waals surface area contributed by atoms with Gasteiger partial charge in [0.05, 0.1) is 60.2 Å². The van der Waals surface area contributed by atoms with Crippen LogP contribution in [0.4, 0.5) is 10.5 Å². The van der Waals surface area contributed by atoms with E-state index in [4.69, 9.17) is 34.4 Å². The summed E-state index contributed by atoms with van der Waals surface area (Å²) in [6.07, 6.45) is 8.72. The number of fused-ring (bicyclic) bond motifs is 5. The van der Waals surface area contributed by atoms with Gasteiger partial charge in [0.15, 0.2) is 0 Å². The number of aryl methyl sites for hydroxylation is 1. The van der Waals surface area contributed by atoms with E-state index in [9.17, 15) is 50.4 Å². The molecule has 0 spiro atoms. The van der Waals surface area contributed by atoms with Gasteiger partial charge in [0.1, 0.15) is 38.2 Å². The standard InChI is InChI=1S/C63H77N13O16S2/c1-6-63(50-31-53-57-48(36-75(53)59(81)49(50)38-90-60(63)82)46(47-16-10-11-17-51(47)71-57)24-28-76(41(2)3)94(5,86)87)92-62(83)91-37-42-20-22-44(23-21-42)69-58(80)52(18-12-13-25-64)70-56(79)40-89-39-55(78)65-26-30-88-29-14-27-74-35-45(72-73-74)34-66-54(77)19-9-7-8-15-43-32-67-61(68-33-43)93(4,84)85/h10-11,16-17,20-23,31-33,35,41,52H,6-7,9,12-14,18-19,24-30,34,36-40,64H2,1-5H3,(H,65,78)(H,66,77)(H,69,80)(H,70,79)/t52-,63-/m0/s1. The summed E-state index contributed by atoms with van der Waals surface area (Å²) in [4.78, 5) is 106. The van der Waals surface area contributed by atoms with Crippen LogP contribution in [-0.2, 0) is 112 Å². The van der Waals surface area contributed by atoms with E-state index in [0.29, 0.717) is 97.6 Å². The fourth-order valence-electron chi connectivity index (χ4n) is 10.7. The number of unbranched alkanes of at least 4 members (excludes halogenated alkanes) is 2. The number of esters is 1. The molecule has 29 nitrogen and oxygen atoms in total. The van der Waals surface area contributed by atoms with Crippen molar-refractivity contribution in [3.63, 3.8) is 0 Å². The molecule has 0 aliphatic carbocycles. The Bertz CT molecular complexity index is 4100. The van der Waals surface area contributed by atoms with Gasteiger partial charge in [-0.3, -0.25) is 28.7 Å².